The standard InChI is InChI=1S/C21H28N2/c1-22(17-20-11-6-3-7-12-20)21-14-16-23(18-21)15-8-13-19-9-4-2-5-10-19/h2-7,9-12,21H,8,13-18H2,1H3. The molecule has 0 amide bonds. The Labute approximate surface area is 140 Å². The summed E-state index contributed by atoms with van der Waals surface area (Å²) in [6.07, 6.45) is 3.76. The highest BCUT2D eigenvalue weighted by molar-refractivity contribution is 5.15. The molecule has 3 rings (SSSR count). The predicted molar refractivity (Wildman–Crippen MR) is 97.5 cm³/mol. The Balaban J connectivity index is 1.39. The largest absolute Gasteiger partial charge is 0.302 e. The molecule has 1 fully saturated rings. The second-order valence-corrected chi connectivity index (χ2v) is 6.73. The summed E-state index contributed by atoms with van der Waals surface area (Å²) < 4.78 is 0. The van der Waals surface area contributed by atoms with E-state index in [0.29, 0.717) is 6.04 Å². The van der Waals surface area contributed by atoms with Crippen LogP contribution in [0.1, 0.15) is 24.0 Å². The van der Waals surface area contributed by atoms with Crippen molar-refractivity contribution in [3.8, 4) is 0 Å². The molecule has 0 radical (unpaired) electrons. The third-order valence-electron chi connectivity index (χ3n) is 4.93. The smallest absolute Gasteiger partial charge is 0.0235 e. The van der Waals surface area contributed by atoms with Crippen LogP contribution < -0.4 is 0 Å². The minimum Gasteiger partial charge on any atom is -0.302 e. The summed E-state index contributed by atoms with van der Waals surface area (Å²) in [4.78, 5) is 5.15. The Kier molecular flexibility index (Phi) is 5.84. The number of benzene rings is 2. The van der Waals surface area contributed by atoms with E-state index < -0.39 is 0 Å². The highest BCUT2D eigenvalue weighted by Gasteiger charge is 2.25. The summed E-state index contributed by atoms with van der Waals surface area (Å²) in [6, 6.07) is 22.4. The fraction of sp³-hybridized carbons (Fsp3) is 0.429. The molecule has 0 bridgehead atoms. The van der Waals surface area contributed by atoms with Crippen molar-refractivity contribution in [1.82, 2.24) is 9.80 Å². The molecule has 2 nitrogen and oxygen atoms in total. The summed E-state index contributed by atoms with van der Waals surface area (Å²) in [5, 5.41) is 0. The van der Waals surface area contributed by atoms with Gasteiger partial charge in [-0.1, -0.05) is 60.7 Å². The monoisotopic (exact) mass is 308 g/mol. The average Bonchev–Trinajstić information content (AvgIpc) is 3.06. The third-order valence-corrected chi connectivity index (χ3v) is 4.93. The molecule has 0 aliphatic carbocycles. The van der Waals surface area contributed by atoms with E-state index in [9.17, 15) is 0 Å². The molecule has 1 unspecified atom stereocenters. The average molecular weight is 308 g/mol. The van der Waals surface area contributed by atoms with Crippen LogP contribution in [0.25, 0.3) is 0 Å². The van der Waals surface area contributed by atoms with Crippen LogP contribution in [0.15, 0.2) is 60.7 Å². The molecule has 1 atom stereocenters. The second-order valence-electron chi connectivity index (χ2n) is 6.73. The molecule has 23 heavy (non-hydrogen) atoms. The Morgan fingerprint density at radius 1 is 0.957 bits per heavy atom. The summed E-state index contributed by atoms with van der Waals surface area (Å²) >= 11 is 0. The van der Waals surface area contributed by atoms with E-state index in [0.717, 1.165) is 6.54 Å². The van der Waals surface area contributed by atoms with Crippen molar-refractivity contribution in [1.29, 1.82) is 0 Å². The topological polar surface area (TPSA) is 6.48 Å². The summed E-state index contributed by atoms with van der Waals surface area (Å²) in [7, 11) is 2.27. The maximum absolute atomic E-state index is 2.63. The molecule has 0 N–H and O–H groups in total. The lowest BCUT2D eigenvalue weighted by Gasteiger charge is -2.25. The predicted octanol–water partition coefficient (Wildman–Crippen LogP) is 3.83. The fourth-order valence-corrected chi connectivity index (χ4v) is 3.53. The van der Waals surface area contributed by atoms with Crippen molar-refractivity contribution in [3.05, 3.63) is 71.8 Å². The van der Waals surface area contributed by atoms with Crippen molar-refractivity contribution < 1.29 is 0 Å². The van der Waals surface area contributed by atoms with E-state index in [1.54, 1.807) is 0 Å². The highest BCUT2D eigenvalue weighted by Crippen LogP contribution is 2.17. The number of likely N-dealkylation sites (N-methyl/N-ethyl adjacent to an activating group) is 1. The van der Waals surface area contributed by atoms with E-state index in [4.69, 9.17) is 0 Å². The first kappa shape index (κ1) is 16.2. The van der Waals surface area contributed by atoms with Crippen LogP contribution in [0.4, 0.5) is 0 Å². The zero-order chi connectivity index (χ0) is 15.9. The van der Waals surface area contributed by atoms with Crippen molar-refractivity contribution in [2.45, 2.75) is 31.8 Å². The minimum atomic E-state index is 0.701. The molecule has 1 saturated heterocycles. The maximum atomic E-state index is 2.63. The van der Waals surface area contributed by atoms with E-state index >= 15 is 0 Å². The first-order chi connectivity index (χ1) is 11.3. The van der Waals surface area contributed by atoms with Gasteiger partial charge in [-0.25, -0.2) is 0 Å². The molecule has 1 aliphatic heterocycles. The Hall–Kier alpha value is -1.64. The van der Waals surface area contributed by atoms with Gasteiger partial charge in [0.2, 0.25) is 0 Å². The van der Waals surface area contributed by atoms with Crippen LogP contribution in [-0.2, 0) is 13.0 Å². The number of likely N-dealkylation sites (tertiary alicyclic amines) is 1. The molecule has 0 saturated carbocycles. The van der Waals surface area contributed by atoms with Crippen molar-refractivity contribution >= 4 is 0 Å². The van der Waals surface area contributed by atoms with Gasteiger partial charge in [0.05, 0.1) is 0 Å². The quantitative estimate of drug-likeness (QED) is 0.767. The molecular formula is C21H28N2. The van der Waals surface area contributed by atoms with Crippen molar-refractivity contribution in [2.75, 3.05) is 26.7 Å². The first-order valence-electron chi connectivity index (χ1n) is 8.82. The van der Waals surface area contributed by atoms with Gasteiger partial charge in [0.15, 0.2) is 0 Å². The van der Waals surface area contributed by atoms with Gasteiger partial charge >= 0.3 is 0 Å². The number of rotatable bonds is 7. The number of hydrogen-bond acceptors (Lipinski definition) is 2. The summed E-state index contributed by atoms with van der Waals surface area (Å²) in [5.41, 5.74) is 2.88. The van der Waals surface area contributed by atoms with Gasteiger partial charge in [0.1, 0.15) is 0 Å². The van der Waals surface area contributed by atoms with Crippen molar-refractivity contribution in [2.24, 2.45) is 0 Å². The Morgan fingerprint density at radius 2 is 1.61 bits per heavy atom. The molecule has 2 aromatic carbocycles. The van der Waals surface area contributed by atoms with Crippen LogP contribution in [0, 0.1) is 0 Å². The second kappa shape index (κ2) is 8.28. The Morgan fingerprint density at radius 3 is 2.30 bits per heavy atom. The van der Waals surface area contributed by atoms with Crippen LogP contribution >= 0.6 is 0 Å². The molecule has 2 heteroatoms. The van der Waals surface area contributed by atoms with Gasteiger partial charge < -0.3 is 4.90 Å². The number of aryl methyl sites for hydroxylation is 1. The van der Waals surface area contributed by atoms with Gasteiger partial charge in [-0.05, 0) is 50.5 Å². The highest BCUT2D eigenvalue weighted by atomic mass is 15.2. The van der Waals surface area contributed by atoms with Gasteiger partial charge in [-0.2, -0.15) is 0 Å². The van der Waals surface area contributed by atoms with Crippen LogP contribution in [0.5, 0.6) is 0 Å². The summed E-state index contributed by atoms with van der Waals surface area (Å²) in [6.45, 7) is 4.75. The van der Waals surface area contributed by atoms with E-state index in [2.05, 4.69) is 77.5 Å². The molecule has 0 spiro atoms. The normalized spacial score (nSPS) is 18.6. The zero-order valence-electron chi connectivity index (χ0n) is 14.2. The number of hydrogen-bond donors (Lipinski definition) is 0. The van der Waals surface area contributed by atoms with Gasteiger partial charge in [-0.3, -0.25) is 4.90 Å². The van der Waals surface area contributed by atoms with Crippen LogP contribution in [-0.4, -0.2) is 42.5 Å². The molecule has 0 aromatic heterocycles. The summed E-state index contributed by atoms with van der Waals surface area (Å²) in [5.74, 6) is 0. The molecular weight excluding hydrogens is 280 g/mol. The lowest BCUT2D eigenvalue weighted by molar-refractivity contribution is 0.224. The molecule has 2 aromatic rings. The fourth-order valence-electron chi connectivity index (χ4n) is 3.53. The van der Waals surface area contributed by atoms with Gasteiger partial charge in [0.25, 0.3) is 0 Å². The van der Waals surface area contributed by atoms with Gasteiger partial charge in [-0.15, -0.1) is 0 Å². The van der Waals surface area contributed by atoms with Gasteiger partial charge in [0, 0.05) is 19.1 Å². The third kappa shape index (κ3) is 4.92. The molecule has 122 valence electrons. The van der Waals surface area contributed by atoms with Crippen LogP contribution in [0.3, 0.4) is 0 Å². The minimum absolute atomic E-state index is 0.701. The molecule has 1 aliphatic rings. The Bertz CT molecular complexity index is 567. The number of nitrogens with zero attached hydrogens (tertiary/aromatic N) is 2. The lowest BCUT2D eigenvalue weighted by Crippen LogP contribution is -2.34. The van der Waals surface area contributed by atoms with E-state index in [-0.39, 0.29) is 0 Å². The lowest BCUT2D eigenvalue weighted by atomic mass is 10.1. The molecule has 1 heterocycles. The van der Waals surface area contributed by atoms with E-state index in [1.807, 2.05) is 0 Å². The van der Waals surface area contributed by atoms with Crippen molar-refractivity contribution in [3.63, 3.8) is 0 Å². The van der Waals surface area contributed by atoms with E-state index in [1.165, 1.54) is 50.0 Å². The first-order valence-corrected chi connectivity index (χ1v) is 8.82. The SMILES string of the molecule is CN(Cc1ccccc1)C1CCN(CCCc2ccccc2)C1. The van der Waals surface area contributed by atoms with Crippen LogP contribution in [0.2, 0.25) is 0 Å². The zero-order valence-corrected chi connectivity index (χ0v) is 14.2. The maximum Gasteiger partial charge on any atom is 0.0235 e.